The van der Waals surface area contributed by atoms with Gasteiger partial charge in [-0.3, -0.25) is 4.79 Å². The number of rotatable bonds is 1. The monoisotopic (exact) mass is 208 g/mol. The molecule has 0 saturated carbocycles. The predicted octanol–water partition coefficient (Wildman–Crippen LogP) is 2.56. The molecule has 1 atom stereocenters. The average molecular weight is 208 g/mol. The van der Waals surface area contributed by atoms with Crippen LogP contribution in [0.5, 0.6) is 5.75 Å². The highest BCUT2D eigenvalue weighted by Crippen LogP contribution is 2.31. The molecule has 0 aromatic heterocycles. The van der Waals surface area contributed by atoms with Crippen molar-refractivity contribution >= 4 is 5.97 Å². The number of ether oxygens (including phenoxy) is 1. The summed E-state index contributed by atoms with van der Waals surface area (Å²) in [7, 11) is 0. The molecule has 0 radical (unpaired) electrons. The molecule has 0 unspecified atom stereocenters. The van der Waals surface area contributed by atoms with Gasteiger partial charge in [0, 0.05) is 6.07 Å². The van der Waals surface area contributed by atoms with E-state index in [-0.39, 0.29) is 23.6 Å². The van der Waals surface area contributed by atoms with Crippen molar-refractivity contribution < 1.29 is 13.9 Å². The van der Waals surface area contributed by atoms with E-state index in [1.54, 1.807) is 6.07 Å². The van der Waals surface area contributed by atoms with Gasteiger partial charge in [-0.2, -0.15) is 0 Å². The molecule has 0 amide bonds. The van der Waals surface area contributed by atoms with E-state index in [1.165, 1.54) is 12.1 Å². The molecule has 0 saturated heterocycles. The number of hydrogen-bond donors (Lipinski definition) is 0. The summed E-state index contributed by atoms with van der Waals surface area (Å²) in [4.78, 5) is 11.6. The zero-order chi connectivity index (χ0) is 11.0. The van der Waals surface area contributed by atoms with Gasteiger partial charge < -0.3 is 4.74 Å². The van der Waals surface area contributed by atoms with Crippen molar-refractivity contribution in [3.05, 3.63) is 29.6 Å². The maximum Gasteiger partial charge on any atom is 0.314 e. The second-order valence-corrected chi connectivity index (χ2v) is 4.23. The number of fused-ring (bicyclic) bond motifs is 1. The zero-order valence-electron chi connectivity index (χ0n) is 8.79. The van der Waals surface area contributed by atoms with Crippen molar-refractivity contribution in [3.63, 3.8) is 0 Å². The van der Waals surface area contributed by atoms with Crippen LogP contribution in [0.15, 0.2) is 18.2 Å². The molecular formula is C12H13FO2. The third kappa shape index (κ3) is 1.87. The number of benzene rings is 1. The number of esters is 1. The van der Waals surface area contributed by atoms with Gasteiger partial charge in [-0.15, -0.1) is 0 Å². The highest BCUT2D eigenvalue weighted by atomic mass is 19.1. The van der Waals surface area contributed by atoms with Gasteiger partial charge in [0.05, 0.1) is 5.92 Å². The smallest absolute Gasteiger partial charge is 0.314 e. The fourth-order valence-corrected chi connectivity index (χ4v) is 1.80. The van der Waals surface area contributed by atoms with Gasteiger partial charge in [0.2, 0.25) is 0 Å². The van der Waals surface area contributed by atoms with Gasteiger partial charge in [-0.25, -0.2) is 4.39 Å². The highest BCUT2D eigenvalue weighted by molar-refractivity contribution is 5.78. The first-order valence-corrected chi connectivity index (χ1v) is 5.08. The van der Waals surface area contributed by atoms with Crippen molar-refractivity contribution in [1.29, 1.82) is 0 Å². The van der Waals surface area contributed by atoms with Gasteiger partial charge >= 0.3 is 5.97 Å². The van der Waals surface area contributed by atoms with Crippen LogP contribution >= 0.6 is 0 Å². The molecule has 0 bridgehead atoms. The first kappa shape index (κ1) is 10.1. The van der Waals surface area contributed by atoms with E-state index >= 15 is 0 Å². The van der Waals surface area contributed by atoms with Crippen LogP contribution < -0.4 is 4.74 Å². The van der Waals surface area contributed by atoms with Gasteiger partial charge in [0.25, 0.3) is 0 Å². The lowest BCUT2D eigenvalue weighted by Gasteiger charge is -2.25. The summed E-state index contributed by atoms with van der Waals surface area (Å²) in [5.74, 6) is -0.108. The van der Waals surface area contributed by atoms with Crippen molar-refractivity contribution in [2.24, 2.45) is 11.8 Å². The van der Waals surface area contributed by atoms with Crippen LogP contribution in [0.4, 0.5) is 4.39 Å². The maximum absolute atomic E-state index is 12.9. The minimum absolute atomic E-state index is 0.108. The fraction of sp³-hybridized carbons (Fsp3) is 0.417. The quantitative estimate of drug-likeness (QED) is 0.523. The minimum atomic E-state index is -0.371. The Morgan fingerprint density at radius 1 is 1.47 bits per heavy atom. The van der Waals surface area contributed by atoms with E-state index < -0.39 is 0 Å². The standard InChI is InChI=1S/C12H13FO2/c1-7(2)10-5-8-3-4-9(13)6-11(8)15-12(10)14/h3-4,6-7,10H,5H2,1-2H3/t10-/m0/s1. The fourth-order valence-electron chi connectivity index (χ4n) is 1.80. The van der Waals surface area contributed by atoms with Crippen LogP contribution in [0.1, 0.15) is 19.4 Å². The Bertz CT molecular complexity index is 399. The lowest BCUT2D eigenvalue weighted by Crippen LogP contribution is -2.31. The first-order valence-electron chi connectivity index (χ1n) is 5.08. The zero-order valence-corrected chi connectivity index (χ0v) is 8.79. The first-order chi connectivity index (χ1) is 7.08. The summed E-state index contributed by atoms with van der Waals surface area (Å²) in [5, 5.41) is 0. The Morgan fingerprint density at radius 3 is 2.87 bits per heavy atom. The second-order valence-electron chi connectivity index (χ2n) is 4.23. The molecule has 2 nitrogen and oxygen atoms in total. The molecule has 0 N–H and O–H groups in total. The molecule has 1 aliphatic rings. The van der Waals surface area contributed by atoms with Gasteiger partial charge in [0.15, 0.2) is 0 Å². The van der Waals surface area contributed by atoms with Crippen molar-refractivity contribution in [2.45, 2.75) is 20.3 Å². The summed E-state index contributed by atoms with van der Waals surface area (Å²) in [5.41, 5.74) is 0.912. The molecule has 0 spiro atoms. The summed E-state index contributed by atoms with van der Waals surface area (Å²) in [6, 6.07) is 4.35. The summed E-state index contributed by atoms with van der Waals surface area (Å²) >= 11 is 0. The maximum atomic E-state index is 12.9. The third-order valence-electron chi connectivity index (χ3n) is 2.79. The van der Waals surface area contributed by atoms with E-state index in [2.05, 4.69) is 0 Å². The number of halogens is 1. The Labute approximate surface area is 88.1 Å². The molecule has 0 fully saturated rings. The average Bonchev–Trinajstić information content (AvgIpc) is 2.15. The van der Waals surface area contributed by atoms with Crippen molar-refractivity contribution in [1.82, 2.24) is 0 Å². The summed E-state index contributed by atoms with van der Waals surface area (Å²) in [6.45, 7) is 3.97. The molecule has 3 heteroatoms. The number of carbonyl (C=O) groups is 1. The van der Waals surface area contributed by atoms with E-state index in [0.29, 0.717) is 12.2 Å². The summed E-state index contributed by atoms with van der Waals surface area (Å²) < 4.78 is 18.0. The third-order valence-corrected chi connectivity index (χ3v) is 2.79. The molecular weight excluding hydrogens is 195 g/mol. The largest absolute Gasteiger partial charge is 0.426 e. The minimum Gasteiger partial charge on any atom is -0.426 e. The number of hydrogen-bond acceptors (Lipinski definition) is 2. The van der Waals surface area contributed by atoms with Crippen LogP contribution in [0.2, 0.25) is 0 Å². The van der Waals surface area contributed by atoms with Crippen LogP contribution in [0.25, 0.3) is 0 Å². The molecule has 1 heterocycles. The van der Waals surface area contributed by atoms with Crippen LogP contribution in [-0.4, -0.2) is 5.97 Å². The Balaban J connectivity index is 2.34. The number of carbonyl (C=O) groups excluding carboxylic acids is 1. The molecule has 80 valence electrons. The lowest BCUT2D eigenvalue weighted by atomic mass is 9.87. The molecule has 15 heavy (non-hydrogen) atoms. The molecule has 1 aromatic rings. The van der Waals surface area contributed by atoms with Gasteiger partial charge in [-0.05, 0) is 24.0 Å². The van der Waals surface area contributed by atoms with Crippen molar-refractivity contribution in [2.75, 3.05) is 0 Å². The molecule has 1 aromatic carbocycles. The van der Waals surface area contributed by atoms with Crippen LogP contribution in [0, 0.1) is 17.7 Å². The van der Waals surface area contributed by atoms with Gasteiger partial charge in [0.1, 0.15) is 11.6 Å². The molecule has 1 aliphatic heterocycles. The summed E-state index contributed by atoms with van der Waals surface area (Å²) in [6.07, 6.45) is 0.645. The van der Waals surface area contributed by atoms with E-state index in [4.69, 9.17) is 4.74 Å². The van der Waals surface area contributed by atoms with Crippen LogP contribution in [0.3, 0.4) is 0 Å². The SMILES string of the molecule is CC(C)[C@@H]1Cc2ccc(F)cc2OC1=O. The Hall–Kier alpha value is -1.38. The Morgan fingerprint density at radius 2 is 2.20 bits per heavy atom. The van der Waals surface area contributed by atoms with Crippen LogP contribution in [-0.2, 0) is 11.2 Å². The second kappa shape index (κ2) is 3.65. The molecule has 0 aliphatic carbocycles. The van der Waals surface area contributed by atoms with Gasteiger partial charge in [-0.1, -0.05) is 19.9 Å². The van der Waals surface area contributed by atoms with E-state index in [9.17, 15) is 9.18 Å². The topological polar surface area (TPSA) is 26.3 Å². The van der Waals surface area contributed by atoms with Crippen molar-refractivity contribution in [3.8, 4) is 5.75 Å². The van der Waals surface area contributed by atoms with E-state index in [1.807, 2.05) is 13.8 Å². The predicted molar refractivity (Wildman–Crippen MR) is 54.1 cm³/mol. The lowest BCUT2D eigenvalue weighted by molar-refractivity contribution is -0.141. The highest BCUT2D eigenvalue weighted by Gasteiger charge is 2.30. The Kier molecular flexibility index (Phi) is 2.47. The normalized spacial score (nSPS) is 20.0. The van der Waals surface area contributed by atoms with E-state index in [0.717, 1.165) is 5.56 Å². The molecule has 2 rings (SSSR count).